The van der Waals surface area contributed by atoms with Crippen LogP contribution in [0.4, 0.5) is 0 Å². The fraction of sp³-hybridized carbons (Fsp3) is 0.364. The summed E-state index contributed by atoms with van der Waals surface area (Å²) >= 11 is 0. The summed E-state index contributed by atoms with van der Waals surface area (Å²) in [7, 11) is 0. The second-order valence-corrected chi connectivity index (χ2v) is 3.39. The van der Waals surface area contributed by atoms with Gasteiger partial charge in [-0.05, 0) is 24.1 Å². The van der Waals surface area contributed by atoms with Crippen molar-refractivity contribution in [1.82, 2.24) is 0 Å². The summed E-state index contributed by atoms with van der Waals surface area (Å²) in [4.78, 5) is 10.7. The zero-order chi connectivity index (χ0) is 11.3. The lowest BCUT2D eigenvalue weighted by molar-refractivity contribution is -0.131. The number of hydrogen-bond donors (Lipinski definition) is 2. The van der Waals surface area contributed by atoms with Crippen LogP contribution < -0.4 is 10.5 Å². The van der Waals surface area contributed by atoms with Crippen LogP contribution in [0.25, 0.3) is 0 Å². The highest BCUT2D eigenvalue weighted by atomic mass is 16.5. The zero-order valence-corrected chi connectivity index (χ0v) is 8.64. The van der Waals surface area contributed by atoms with Gasteiger partial charge in [-0.15, -0.1) is 0 Å². The van der Waals surface area contributed by atoms with Gasteiger partial charge < -0.3 is 15.6 Å². The summed E-state index contributed by atoms with van der Waals surface area (Å²) in [6, 6.07) is 6.84. The van der Waals surface area contributed by atoms with E-state index in [1.165, 1.54) is 6.92 Å². The van der Waals surface area contributed by atoms with Crippen molar-refractivity contribution in [2.75, 3.05) is 6.61 Å². The van der Waals surface area contributed by atoms with Crippen molar-refractivity contribution in [3.8, 4) is 5.75 Å². The average Bonchev–Trinajstić information content (AvgIpc) is 2.17. The van der Waals surface area contributed by atoms with Crippen LogP contribution in [0.3, 0.4) is 0 Å². The van der Waals surface area contributed by atoms with Crippen LogP contribution in [-0.2, 0) is 11.2 Å². The highest BCUT2D eigenvalue weighted by Crippen LogP contribution is 2.14. The lowest BCUT2D eigenvalue weighted by Crippen LogP contribution is -2.26. The first-order valence-electron chi connectivity index (χ1n) is 4.75. The molecule has 0 spiro atoms. The lowest BCUT2D eigenvalue weighted by Gasteiger charge is -2.09. The molecule has 0 bridgehead atoms. The molecule has 0 saturated carbocycles. The van der Waals surface area contributed by atoms with E-state index in [1.807, 2.05) is 6.07 Å². The molecule has 0 aromatic heterocycles. The third-order valence-corrected chi connectivity index (χ3v) is 1.89. The molecular weight excluding hydrogens is 194 g/mol. The van der Waals surface area contributed by atoms with Crippen LogP contribution in [0.2, 0.25) is 0 Å². The van der Waals surface area contributed by atoms with Crippen LogP contribution in [0.1, 0.15) is 12.5 Å². The fourth-order valence-corrected chi connectivity index (χ4v) is 1.27. The van der Waals surface area contributed by atoms with Gasteiger partial charge in [0.2, 0.25) is 0 Å². The smallest absolute Gasteiger partial charge is 0.308 e. The quantitative estimate of drug-likeness (QED) is 0.558. The molecule has 82 valence electrons. The Kier molecular flexibility index (Phi) is 4.27. The summed E-state index contributed by atoms with van der Waals surface area (Å²) < 4.78 is 4.93. The predicted molar refractivity (Wildman–Crippen MR) is 56.5 cm³/mol. The molecule has 3 N–H and O–H groups in total. The molecule has 0 saturated heterocycles. The van der Waals surface area contributed by atoms with E-state index in [0.29, 0.717) is 12.2 Å². The van der Waals surface area contributed by atoms with Crippen molar-refractivity contribution >= 4 is 5.97 Å². The molecule has 15 heavy (non-hydrogen) atoms. The van der Waals surface area contributed by atoms with Crippen molar-refractivity contribution in [1.29, 1.82) is 0 Å². The molecule has 1 aromatic rings. The average molecular weight is 209 g/mol. The number of aliphatic hydroxyl groups excluding tert-OH is 1. The molecule has 0 radical (unpaired) electrons. The van der Waals surface area contributed by atoms with Crippen LogP contribution >= 0.6 is 0 Å². The molecular formula is C11H15NO3. The Balaban J connectivity index is 2.69. The van der Waals surface area contributed by atoms with E-state index in [4.69, 9.17) is 15.6 Å². The molecule has 1 aromatic carbocycles. The molecule has 1 rings (SSSR count). The molecule has 1 unspecified atom stereocenters. The number of carbonyl (C=O) groups is 1. The largest absolute Gasteiger partial charge is 0.427 e. The van der Waals surface area contributed by atoms with E-state index in [-0.39, 0.29) is 18.6 Å². The molecule has 4 nitrogen and oxygen atoms in total. The number of benzene rings is 1. The Labute approximate surface area is 88.7 Å². The van der Waals surface area contributed by atoms with Gasteiger partial charge >= 0.3 is 5.97 Å². The normalized spacial score (nSPS) is 12.2. The van der Waals surface area contributed by atoms with Crippen LogP contribution in [0.5, 0.6) is 5.75 Å². The van der Waals surface area contributed by atoms with Gasteiger partial charge in [0.1, 0.15) is 5.75 Å². The van der Waals surface area contributed by atoms with E-state index in [2.05, 4.69) is 0 Å². The topological polar surface area (TPSA) is 72.5 Å². The number of aliphatic hydroxyl groups is 1. The van der Waals surface area contributed by atoms with Crippen molar-refractivity contribution < 1.29 is 14.6 Å². The number of ether oxygens (including phenoxy) is 1. The minimum Gasteiger partial charge on any atom is -0.427 e. The summed E-state index contributed by atoms with van der Waals surface area (Å²) in [5.41, 5.74) is 6.54. The maximum absolute atomic E-state index is 10.7. The molecule has 0 amide bonds. The second kappa shape index (κ2) is 5.48. The Morgan fingerprint density at radius 3 is 2.93 bits per heavy atom. The van der Waals surface area contributed by atoms with Gasteiger partial charge in [-0.3, -0.25) is 4.79 Å². The van der Waals surface area contributed by atoms with E-state index in [9.17, 15) is 4.79 Å². The van der Waals surface area contributed by atoms with Crippen LogP contribution in [0.15, 0.2) is 24.3 Å². The van der Waals surface area contributed by atoms with E-state index >= 15 is 0 Å². The maximum Gasteiger partial charge on any atom is 0.308 e. The molecule has 0 aliphatic carbocycles. The monoisotopic (exact) mass is 209 g/mol. The highest BCUT2D eigenvalue weighted by molar-refractivity contribution is 5.69. The van der Waals surface area contributed by atoms with Gasteiger partial charge in [-0.1, -0.05) is 12.1 Å². The minimum atomic E-state index is -0.349. The van der Waals surface area contributed by atoms with E-state index in [1.54, 1.807) is 18.2 Å². The maximum atomic E-state index is 10.7. The molecule has 0 aliphatic rings. The number of esters is 1. The van der Waals surface area contributed by atoms with Crippen LogP contribution in [-0.4, -0.2) is 23.7 Å². The third-order valence-electron chi connectivity index (χ3n) is 1.89. The van der Waals surface area contributed by atoms with Gasteiger partial charge in [0.25, 0.3) is 0 Å². The van der Waals surface area contributed by atoms with Crippen molar-refractivity contribution in [3.05, 3.63) is 29.8 Å². The third kappa shape index (κ3) is 4.10. The molecule has 0 fully saturated rings. The van der Waals surface area contributed by atoms with Gasteiger partial charge in [0.15, 0.2) is 0 Å². The Morgan fingerprint density at radius 1 is 1.60 bits per heavy atom. The predicted octanol–water partition coefficient (Wildman–Crippen LogP) is 0.474. The molecule has 0 heterocycles. The van der Waals surface area contributed by atoms with Gasteiger partial charge in [-0.25, -0.2) is 0 Å². The Morgan fingerprint density at radius 2 is 2.33 bits per heavy atom. The number of carbonyl (C=O) groups excluding carboxylic acids is 1. The van der Waals surface area contributed by atoms with Gasteiger partial charge in [0, 0.05) is 13.0 Å². The fourth-order valence-electron chi connectivity index (χ4n) is 1.27. The first-order valence-corrected chi connectivity index (χ1v) is 4.75. The molecule has 1 atom stereocenters. The van der Waals surface area contributed by atoms with Gasteiger partial charge in [-0.2, -0.15) is 0 Å². The van der Waals surface area contributed by atoms with Crippen molar-refractivity contribution in [3.63, 3.8) is 0 Å². The van der Waals surface area contributed by atoms with E-state index < -0.39 is 0 Å². The Bertz CT molecular complexity index is 338. The van der Waals surface area contributed by atoms with Crippen molar-refractivity contribution in [2.45, 2.75) is 19.4 Å². The lowest BCUT2D eigenvalue weighted by atomic mass is 10.1. The van der Waals surface area contributed by atoms with Gasteiger partial charge in [0.05, 0.1) is 6.61 Å². The zero-order valence-electron chi connectivity index (χ0n) is 8.64. The summed E-state index contributed by atoms with van der Waals surface area (Å²) in [6.07, 6.45) is 0.561. The van der Waals surface area contributed by atoms with Crippen molar-refractivity contribution in [2.24, 2.45) is 5.73 Å². The number of hydrogen-bond acceptors (Lipinski definition) is 4. The minimum absolute atomic E-state index is 0.0577. The standard InChI is InChI=1S/C11H15NO3/c1-8(14)15-11-4-2-3-9(6-11)5-10(12)7-13/h2-4,6,10,13H,5,7,12H2,1H3. The molecule has 4 heteroatoms. The summed E-state index contributed by atoms with van der Waals surface area (Å²) in [5.74, 6) is 0.156. The Hall–Kier alpha value is -1.39. The number of rotatable bonds is 4. The molecule has 0 aliphatic heterocycles. The summed E-state index contributed by atoms with van der Waals surface area (Å²) in [5, 5.41) is 8.80. The first kappa shape index (κ1) is 11.7. The van der Waals surface area contributed by atoms with E-state index in [0.717, 1.165) is 5.56 Å². The SMILES string of the molecule is CC(=O)Oc1cccc(CC(N)CO)c1. The second-order valence-electron chi connectivity index (χ2n) is 3.39. The highest BCUT2D eigenvalue weighted by Gasteiger charge is 2.04. The van der Waals surface area contributed by atoms with Crippen LogP contribution in [0, 0.1) is 0 Å². The first-order chi connectivity index (χ1) is 7.11. The summed E-state index contributed by atoms with van der Waals surface area (Å²) in [6.45, 7) is 1.30. The number of nitrogens with two attached hydrogens (primary N) is 1.